The van der Waals surface area contributed by atoms with E-state index in [0.717, 1.165) is 31.2 Å². The highest BCUT2D eigenvalue weighted by Crippen LogP contribution is 2.32. The van der Waals surface area contributed by atoms with E-state index in [-0.39, 0.29) is 12.5 Å². The van der Waals surface area contributed by atoms with E-state index in [9.17, 15) is 14.9 Å². The van der Waals surface area contributed by atoms with Gasteiger partial charge >= 0.3 is 5.97 Å². The number of hydrogen-bond acceptors (Lipinski definition) is 4. The number of aryl methyl sites for hydroxylation is 1. The SMILES string of the molecule is CCc1ccc(C(=O)OCC(=O)N(C)C2(C#N)CCCCC2)cc1. The van der Waals surface area contributed by atoms with Gasteiger partial charge in [0.1, 0.15) is 5.54 Å². The predicted octanol–water partition coefficient (Wildman–Crippen LogP) is 3.09. The zero-order valence-corrected chi connectivity index (χ0v) is 14.4. The summed E-state index contributed by atoms with van der Waals surface area (Å²) in [4.78, 5) is 25.8. The molecule has 5 heteroatoms. The number of likely N-dealkylation sites (N-methyl/N-ethyl adjacent to an activating group) is 1. The number of hydrogen-bond donors (Lipinski definition) is 0. The number of nitrogens with zero attached hydrogens (tertiary/aromatic N) is 2. The van der Waals surface area contributed by atoms with Crippen LogP contribution in [-0.2, 0) is 16.0 Å². The standard InChI is InChI=1S/C19H24N2O3/c1-3-15-7-9-16(10-8-15)18(23)24-13-17(22)21(2)19(14-20)11-5-4-6-12-19/h7-10H,3-6,11-13H2,1-2H3. The van der Waals surface area contributed by atoms with Crippen LogP contribution >= 0.6 is 0 Å². The Bertz CT molecular complexity index is 625. The quantitative estimate of drug-likeness (QED) is 0.779. The Balaban J connectivity index is 1.93. The molecule has 0 atom stereocenters. The third-order valence-corrected chi connectivity index (χ3v) is 4.83. The molecule has 0 aliphatic heterocycles. The van der Waals surface area contributed by atoms with Gasteiger partial charge in [0.25, 0.3) is 5.91 Å². The van der Waals surface area contributed by atoms with Crippen molar-refractivity contribution < 1.29 is 14.3 Å². The molecule has 0 spiro atoms. The van der Waals surface area contributed by atoms with Crippen LogP contribution in [-0.4, -0.2) is 36.0 Å². The third kappa shape index (κ3) is 3.94. The summed E-state index contributed by atoms with van der Waals surface area (Å²) in [5.74, 6) is -0.856. The molecule has 0 N–H and O–H groups in total. The maximum atomic E-state index is 12.3. The van der Waals surface area contributed by atoms with Gasteiger partial charge in [0.2, 0.25) is 0 Å². The highest BCUT2D eigenvalue weighted by Gasteiger charge is 2.38. The van der Waals surface area contributed by atoms with Gasteiger partial charge < -0.3 is 9.64 Å². The maximum absolute atomic E-state index is 12.3. The molecule has 0 radical (unpaired) electrons. The van der Waals surface area contributed by atoms with Gasteiger partial charge in [-0.3, -0.25) is 4.79 Å². The summed E-state index contributed by atoms with van der Waals surface area (Å²) in [6.07, 6.45) is 5.23. The highest BCUT2D eigenvalue weighted by molar-refractivity contribution is 5.91. The molecule has 128 valence electrons. The normalized spacial score (nSPS) is 16.0. The largest absolute Gasteiger partial charge is 0.452 e. The van der Waals surface area contributed by atoms with E-state index in [1.165, 1.54) is 4.90 Å². The van der Waals surface area contributed by atoms with Crippen LogP contribution in [0.5, 0.6) is 0 Å². The number of carbonyl (C=O) groups is 2. The predicted molar refractivity (Wildman–Crippen MR) is 90.3 cm³/mol. The number of amides is 1. The van der Waals surface area contributed by atoms with Crippen molar-refractivity contribution in [2.45, 2.75) is 51.0 Å². The maximum Gasteiger partial charge on any atom is 0.338 e. The van der Waals surface area contributed by atoms with Crippen LogP contribution in [0.15, 0.2) is 24.3 Å². The summed E-state index contributed by atoms with van der Waals surface area (Å²) < 4.78 is 5.13. The lowest BCUT2D eigenvalue weighted by Crippen LogP contribution is -2.51. The number of carbonyl (C=O) groups excluding carboxylic acids is 2. The third-order valence-electron chi connectivity index (χ3n) is 4.83. The Morgan fingerprint density at radius 1 is 1.21 bits per heavy atom. The van der Waals surface area contributed by atoms with E-state index in [1.54, 1.807) is 19.2 Å². The van der Waals surface area contributed by atoms with E-state index in [1.807, 2.05) is 19.1 Å². The zero-order chi connectivity index (χ0) is 17.6. The van der Waals surface area contributed by atoms with Crippen molar-refractivity contribution in [1.82, 2.24) is 4.90 Å². The van der Waals surface area contributed by atoms with Gasteiger partial charge in [-0.1, -0.05) is 38.3 Å². The molecule has 1 amide bonds. The fourth-order valence-corrected chi connectivity index (χ4v) is 3.08. The lowest BCUT2D eigenvalue weighted by Gasteiger charge is -2.38. The lowest BCUT2D eigenvalue weighted by molar-refractivity contribution is -0.138. The van der Waals surface area contributed by atoms with Gasteiger partial charge in [0.05, 0.1) is 11.6 Å². The number of esters is 1. The van der Waals surface area contributed by atoms with E-state index in [4.69, 9.17) is 4.74 Å². The van der Waals surface area contributed by atoms with Crippen molar-refractivity contribution >= 4 is 11.9 Å². The zero-order valence-electron chi connectivity index (χ0n) is 14.4. The van der Waals surface area contributed by atoms with E-state index >= 15 is 0 Å². The first-order valence-corrected chi connectivity index (χ1v) is 8.46. The molecule has 5 nitrogen and oxygen atoms in total. The minimum absolute atomic E-state index is 0.336. The smallest absolute Gasteiger partial charge is 0.338 e. The van der Waals surface area contributed by atoms with Gasteiger partial charge in [-0.05, 0) is 37.0 Å². The van der Waals surface area contributed by atoms with Gasteiger partial charge in [-0.15, -0.1) is 0 Å². The minimum atomic E-state index is -0.759. The molecule has 1 saturated carbocycles. The molecule has 0 aromatic heterocycles. The van der Waals surface area contributed by atoms with Crippen LogP contribution in [0.25, 0.3) is 0 Å². The van der Waals surface area contributed by atoms with Crippen LogP contribution in [0, 0.1) is 11.3 Å². The second-order valence-electron chi connectivity index (χ2n) is 6.28. The Hall–Kier alpha value is -2.35. The molecule has 0 heterocycles. The Morgan fingerprint density at radius 2 is 1.83 bits per heavy atom. The summed E-state index contributed by atoms with van der Waals surface area (Å²) in [5.41, 5.74) is 0.802. The molecule has 1 aliphatic rings. The Kier molecular flexibility index (Phi) is 5.97. The molecule has 2 rings (SSSR count). The van der Waals surface area contributed by atoms with Gasteiger partial charge in [-0.25, -0.2) is 4.79 Å². The molecule has 0 saturated heterocycles. The summed E-state index contributed by atoms with van der Waals surface area (Å²) in [7, 11) is 1.63. The molecule has 0 unspecified atom stereocenters. The summed E-state index contributed by atoms with van der Waals surface area (Å²) >= 11 is 0. The fraction of sp³-hybridized carbons (Fsp3) is 0.526. The van der Waals surface area contributed by atoms with Crippen molar-refractivity contribution in [3.8, 4) is 6.07 Å². The molecular weight excluding hydrogens is 304 g/mol. The summed E-state index contributed by atoms with van der Waals surface area (Å²) in [6, 6.07) is 9.44. The fourth-order valence-electron chi connectivity index (χ4n) is 3.08. The van der Waals surface area contributed by atoms with Crippen LogP contribution in [0.3, 0.4) is 0 Å². The monoisotopic (exact) mass is 328 g/mol. The topological polar surface area (TPSA) is 70.4 Å². The van der Waals surface area contributed by atoms with Crippen molar-refractivity contribution in [3.05, 3.63) is 35.4 Å². The Morgan fingerprint density at radius 3 is 2.38 bits per heavy atom. The summed E-state index contributed by atoms with van der Waals surface area (Å²) in [5, 5.41) is 9.51. The van der Waals surface area contributed by atoms with E-state index in [0.29, 0.717) is 18.4 Å². The molecule has 1 aromatic rings. The molecule has 1 aliphatic carbocycles. The average Bonchev–Trinajstić information content (AvgIpc) is 2.65. The second-order valence-corrected chi connectivity index (χ2v) is 6.28. The first-order valence-electron chi connectivity index (χ1n) is 8.46. The van der Waals surface area contributed by atoms with Crippen molar-refractivity contribution in [2.75, 3.05) is 13.7 Å². The highest BCUT2D eigenvalue weighted by atomic mass is 16.5. The first kappa shape index (κ1) is 18.0. The molecule has 1 fully saturated rings. The molecule has 0 bridgehead atoms. The van der Waals surface area contributed by atoms with Crippen LogP contribution < -0.4 is 0 Å². The molecule has 1 aromatic carbocycles. The van der Waals surface area contributed by atoms with E-state index < -0.39 is 11.5 Å². The Labute approximate surface area is 143 Å². The van der Waals surface area contributed by atoms with Crippen molar-refractivity contribution in [3.63, 3.8) is 0 Å². The molecular formula is C19H24N2O3. The second kappa shape index (κ2) is 7.96. The lowest BCUT2D eigenvalue weighted by atomic mass is 9.81. The number of nitriles is 1. The van der Waals surface area contributed by atoms with E-state index in [2.05, 4.69) is 6.07 Å². The van der Waals surface area contributed by atoms with Crippen LogP contribution in [0.4, 0.5) is 0 Å². The van der Waals surface area contributed by atoms with Gasteiger partial charge in [0, 0.05) is 7.05 Å². The van der Waals surface area contributed by atoms with Crippen molar-refractivity contribution in [2.24, 2.45) is 0 Å². The van der Waals surface area contributed by atoms with Gasteiger partial charge in [-0.2, -0.15) is 5.26 Å². The number of benzene rings is 1. The van der Waals surface area contributed by atoms with Crippen LogP contribution in [0.1, 0.15) is 54.9 Å². The average molecular weight is 328 g/mol. The first-order chi connectivity index (χ1) is 11.5. The number of ether oxygens (including phenoxy) is 1. The molecule has 24 heavy (non-hydrogen) atoms. The van der Waals surface area contributed by atoms with Gasteiger partial charge in [0.15, 0.2) is 6.61 Å². The minimum Gasteiger partial charge on any atom is -0.452 e. The van der Waals surface area contributed by atoms with Crippen molar-refractivity contribution in [1.29, 1.82) is 5.26 Å². The van der Waals surface area contributed by atoms with Crippen LogP contribution in [0.2, 0.25) is 0 Å². The summed E-state index contributed by atoms with van der Waals surface area (Å²) in [6.45, 7) is 1.70. The number of rotatable bonds is 5.